The van der Waals surface area contributed by atoms with Gasteiger partial charge in [0.25, 0.3) is 5.69 Å². The number of nitrogens with one attached hydrogen (secondary N) is 1. The highest BCUT2D eigenvalue weighted by Gasteiger charge is 2.33. The van der Waals surface area contributed by atoms with Crippen LogP contribution in [0.25, 0.3) is 0 Å². The minimum atomic E-state index is -3.39. The molecule has 1 saturated heterocycles. The third-order valence-corrected chi connectivity index (χ3v) is 5.51. The van der Waals surface area contributed by atoms with Crippen LogP contribution in [-0.4, -0.2) is 43.8 Å². The fraction of sp³-hybridized carbons (Fsp3) is 0.538. The molecule has 1 N–H and O–H groups in total. The van der Waals surface area contributed by atoms with Crippen molar-refractivity contribution in [1.29, 1.82) is 0 Å². The van der Waals surface area contributed by atoms with E-state index in [0.29, 0.717) is 18.7 Å². The lowest BCUT2D eigenvalue weighted by atomic mass is 10.2. The second-order valence-corrected chi connectivity index (χ2v) is 7.07. The lowest BCUT2D eigenvalue weighted by molar-refractivity contribution is -0.384. The van der Waals surface area contributed by atoms with Crippen molar-refractivity contribution in [2.24, 2.45) is 0 Å². The first-order chi connectivity index (χ1) is 9.94. The smallest absolute Gasteiger partial charge is 0.269 e. The second kappa shape index (κ2) is 6.50. The average molecular weight is 313 g/mol. The first-order valence-electron chi connectivity index (χ1n) is 6.81. The van der Waals surface area contributed by atoms with Crippen molar-refractivity contribution in [3.8, 4) is 0 Å². The number of rotatable bonds is 6. The molecule has 2 rings (SSSR count). The molecule has 1 atom stereocenters. The summed E-state index contributed by atoms with van der Waals surface area (Å²) in [6.07, 6.45) is 1.73. The number of likely N-dealkylation sites (N-methyl/N-ethyl adjacent to an activating group) is 1. The summed E-state index contributed by atoms with van der Waals surface area (Å²) in [7, 11) is -1.59. The Balaban J connectivity index is 2.11. The Bertz CT molecular complexity index is 600. The first-order valence-corrected chi connectivity index (χ1v) is 8.42. The number of hydrogen-bond acceptors (Lipinski definition) is 5. The number of benzene rings is 1. The zero-order valence-electron chi connectivity index (χ0n) is 11.9. The van der Waals surface area contributed by atoms with Gasteiger partial charge in [0, 0.05) is 31.3 Å². The van der Waals surface area contributed by atoms with Crippen molar-refractivity contribution in [3.63, 3.8) is 0 Å². The molecule has 0 aromatic heterocycles. The molecule has 1 aliphatic rings. The van der Waals surface area contributed by atoms with Crippen LogP contribution in [0.15, 0.2) is 24.3 Å². The minimum Gasteiger partial charge on any atom is -0.318 e. The fourth-order valence-electron chi connectivity index (χ4n) is 2.62. The van der Waals surface area contributed by atoms with Crippen LogP contribution in [0, 0.1) is 10.1 Å². The van der Waals surface area contributed by atoms with Gasteiger partial charge in [0.1, 0.15) is 0 Å². The monoisotopic (exact) mass is 313 g/mol. The molecule has 0 radical (unpaired) electrons. The van der Waals surface area contributed by atoms with Gasteiger partial charge in [-0.1, -0.05) is 12.1 Å². The van der Waals surface area contributed by atoms with Gasteiger partial charge < -0.3 is 5.32 Å². The molecule has 0 amide bonds. The van der Waals surface area contributed by atoms with Gasteiger partial charge in [0.2, 0.25) is 10.0 Å². The van der Waals surface area contributed by atoms with Gasteiger partial charge in [-0.25, -0.2) is 8.42 Å². The van der Waals surface area contributed by atoms with E-state index in [0.717, 1.165) is 12.8 Å². The second-order valence-electron chi connectivity index (χ2n) is 5.14. The molecule has 1 unspecified atom stereocenters. The van der Waals surface area contributed by atoms with E-state index < -0.39 is 14.9 Å². The van der Waals surface area contributed by atoms with E-state index in [4.69, 9.17) is 0 Å². The third-order valence-electron chi connectivity index (χ3n) is 3.62. The summed E-state index contributed by atoms with van der Waals surface area (Å²) in [4.78, 5) is 10.1. The Hall–Kier alpha value is -1.51. The van der Waals surface area contributed by atoms with Crippen LogP contribution in [0.1, 0.15) is 18.4 Å². The van der Waals surface area contributed by atoms with Gasteiger partial charge in [0.05, 0.1) is 10.7 Å². The van der Waals surface area contributed by atoms with Gasteiger partial charge in [-0.3, -0.25) is 10.1 Å². The van der Waals surface area contributed by atoms with Crippen LogP contribution in [-0.2, 0) is 15.8 Å². The van der Waals surface area contributed by atoms with Crippen LogP contribution in [0.2, 0.25) is 0 Å². The molecule has 0 saturated carbocycles. The van der Waals surface area contributed by atoms with Crippen LogP contribution in [0.5, 0.6) is 0 Å². The molecule has 0 aliphatic carbocycles. The van der Waals surface area contributed by atoms with E-state index in [1.165, 1.54) is 24.3 Å². The fourth-order valence-corrected chi connectivity index (χ4v) is 4.44. The molecule has 1 fully saturated rings. The summed E-state index contributed by atoms with van der Waals surface area (Å²) in [5, 5.41) is 13.6. The molecule has 116 valence electrons. The van der Waals surface area contributed by atoms with Crippen LogP contribution >= 0.6 is 0 Å². The Kier molecular flexibility index (Phi) is 4.92. The third kappa shape index (κ3) is 3.78. The molecule has 21 heavy (non-hydrogen) atoms. The largest absolute Gasteiger partial charge is 0.318 e. The Labute approximate surface area is 124 Å². The number of nitro benzene ring substituents is 1. The number of hydrogen-bond donors (Lipinski definition) is 1. The van der Waals surface area contributed by atoms with Gasteiger partial charge in [0.15, 0.2) is 0 Å². The normalized spacial score (nSPS) is 19.8. The summed E-state index contributed by atoms with van der Waals surface area (Å²) in [5.41, 5.74) is 0.529. The van der Waals surface area contributed by atoms with E-state index in [9.17, 15) is 18.5 Å². The average Bonchev–Trinajstić information content (AvgIpc) is 2.88. The van der Waals surface area contributed by atoms with Crippen molar-refractivity contribution in [2.45, 2.75) is 24.6 Å². The number of nitrogens with zero attached hydrogens (tertiary/aromatic N) is 2. The first kappa shape index (κ1) is 15.9. The van der Waals surface area contributed by atoms with Gasteiger partial charge in [-0.15, -0.1) is 0 Å². The minimum absolute atomic E-state index is 0.00181. The van der Waals surface area contributed by atoms with E-state index in [-0.39, 0.29) is 17.5 Å². The number of non-ortho nitro benzene ring substituents is 1. The lowest BCUT2D eigenvalue weighted by Crippen LogP contribution is -2.41. The molecule has 1 aliphatic heterocycles. The molecule has 1 aromatic carbocycles. The van der Waals surface area contributed by atoms with Crippen LogP contribution < -0.4 is 5.32 Å². The topological polar surface area (TPSA) is 92.6 Å². The van der Waals surface area contributed by atoms with Crippen molar-refractivity contribution in [2.75, 3.05) is 20.1 Å². The summed E-state index contributed by atoms with van der Waals surface area (Å²) >= 11 is 0. The highest BCUT2D eigenvalue weighted by Crippen LogP contribution is 2.23. The highest BCUT2D eigenvalue weighted by molar-refractivity contribution is 7.88. The van der Waals surface area contributed by atoms with E-state index in [1.54, 1.807) is 11.4 Å². The number of sulfonamides is 1. The predicted molar refractivity (Wildman–Crippen MR) is 79.4 cm³/mol. The van der Waals surface area contributed by atoms with Gasteiger partial charge in [-0.2, -0.15) is 4.31 Å². The van der Waals surface area contributed by atoms with Crippen molar-refractivity contribution < 1.29 is 13.3 Å². The maximum absolute atomic E-state index is 12.5. The molecule has 0 spiro atoms. The van der Waals surface area contributed by atoms with Gasteiger partial charge in [-0.05, 0) is 25.5 Å². The standard InChI is InChI=1S/C13H19N3O4S/c1-14-9-13-3-2-8-15(13)21(19,20)10-11-4-6-12(7-5-11)16(17)18/h4-7,13-14H,2-3,8-10H2,1H3. The molecule has 1 heterocycles. The van der Waals surface area contributed by atoms with Crippen LogP contribution in [0.4, 0.5) is 5.69 Å². The zero-order valence-corrected chi connectivity index (χ0v) is 12.7. The molecule has 7 nitrogen and oxygen atoms in total. The highest BCUT2D eigenvalue weighted by atomic mass is 32.2. The molecular weight excluding hydrogens is 294 g/mol. The Morgan fingerprint density at radius 3 is 2.62 bits per heavy atom. The Morgan fingerprint density at radius 2 is 2.05 bits per heavy atom. The van der Waals surface area contributed by atoms with E-state index >= 15 is 0 Å². The quantitative estimate of drug-likeness (QED) is 0.627. The van der Waals surface area contributed by atoms with E-state index in [2.05, 4.69) is 5.32 Å². The number of nitro groups is 1. The summed E-state index contributed by atoms with van der Waals surface area (Å²) in [6.45, 7) is 1.18. The Morgan fingerprint density at radius 1 is 1.38 bits per heavy atom. The molecule has 0 bridgehead atoms. The zero-order chi connectivity index (χ0) is 15.5. The van der Waals surface area contributed by atoms with Crippen LogP contribution in [0.3, 0.4) is 0 Å². The summed E-state index contributed by atoms with van der Waals surface area (Å²) < 4.78 is 26.5. The SMILES string of the molecule is CNCC1CCCN1S(=O)(=O)Cc1ccc([N+](=O)[O-])cc1. The van der Waals surface area contributed by atoms with Crippen molar-refractivity contribution >= 4 is 15.7 Å². The van der Waals surface area contributed by atoms with Gasteiger partial charge >= 0.3 is 0 Å². The lowest BCUT2D eigenvalue weighted by Gasteiger charge is -2.23. The van der Waals surface area contributed by atoms with Crippen molar-refractivity contribution in [3.05, 3.63) is 39.9 Å². The molecular formula is C13H19N3O4S. The summed E-state index contributed by atoms with van der Waals surface area (Å²) in [6, 6.07) is 5.66. The van der Waals surface area contributed by atoms with E-state index in [1.807, 2.05) is 0 Å². The predicted octanol–water partition coefficient (Wildman–Crippen LogP) is 1.11. The molecule has 1 aromatic rings. The van der Waals surface area contributed by atoms with Crippen molar-refractivity contribution in [1.82, 2.24) is 9.62 Å². The molecule has 8 heteroatoms. The maximum atomic E-state index is 12.5. The maximum Gasteiger partial charge on any atom is 0.269 e. The summed E-state index contributed by atoms with van der Waals surface area (Å²) in [5.74, 6) is -0.120.